The van der Waals surface area contributed by atoms with Crippen LogP contribution in [0.15, 0.2) is 48.6 Å². The molecule has 88 heavy (non-hydrogen) atoms. The summed E-state index contributed by atoms with van der Waals surface area (Å²) in [7, 11) is 0. The second kappa shape index (κ2) is 51.2. The molecule has 0 aromatic carbocycles. The molecule has 0 radical (unpaired) electrons. The maximum atomic E-state index is 13.3. The van der Waals surface area contributed by atoms with E-state index in [1.54, 1.807) is 6.08 Å². The second-order valence-electron chi connectivity index (χ2n) is 25.0. The van der Waals surface area contributed by atoms with Crippen molar-refractivity contribution >= 4 is 5.91 Å². The van der Waals surface area contributed by atoms with Crippen LogP contribution in [0.4, 0.5) is 0 Å². The number of carbonyl (C=O) groups is 1. The van der Waals surface area contributed by atoms with Gasteiger partial charge in [-0.3, -0.25) is 4.79 Å². The summed E-state index contributed by atoms with van der Waals surface area (Å²) in [5.41, 5.74) is 0. The highest BCUT2D eigenvalue weighted by atomic mass is 16.8. The number of ether oxygens (including phenoxy) is 6. The first-order valence-corrected chi connectivity index (χ1v) is 34.9. The van der Waals surface area contributed by atoms with Gasteiger partial charge < -0.3 is 89.9 Å². The van der Waals surface area contributed by atoms with E-state index < -0.39 is 124 Å². The van der Waals surface area contributed by atoms with E-state index in [2.05, 4.69) is 55.6 Å². The molecular weight excluding hydrogens is 1130 g/mol. The van der Waals surface area contributed by atoms with Crippen molar-refractivity contribution < 1.29 is 89.4 Å². The van der Waals surface area contributed by atoms with Crippen molar-refractivity contribution in [3.63, 3.8) is 0 Å². The minimum absolute atomic E-state index is 0.218. The highest BCUT2D eigenvalue weighted by molar-refractivity contribution is 5.76. The number of aliphatic hydroxyl groups is 11. The van der Waals surface area contributed by atoms with Gasteiger partial charge in [0.15, 0.2) is 18.9 Å². The van der Waals surface area contributed by atoms with Crippen molar-refractivity contribution in [3.8, 4) is 0 Å². The summed E-state index contributed by atoms with van der Waals surface area (Å²) >= 11 is 0. The first-order chi connectivity index (χ1) is 42.8. The number of rotatable bonds is 53. The lowest BCUT2D eigenvalue weighted by molar-refractivity contribution is -0.379. The zero-order chi connectivity index (χ0) is 64.0. The van der Waals surface area contributed by atoms with Gasteiger partial charge in [-0.25, -0.2) is 0 Å². The lowest BCUT2D eigenvalue weighted by atomic mass is 9.96. The van der Waals surface area contributed by atoms with Crippen molar-refractivity contribution in [1.82, 2.24) is 5.32 Å². The third-order valence-corrected chi connectivity index (χ3v) is 17.3. The Kier molecular flexibility index (Phi) is 46.5. The fraction of sp³-hybridized carbons (Fsp3) is 0.870. The number of hydrogen-bond acceptors (Lipinski definition) is 18. The van der Waals surface area contributed by atoms with Crippen LogP contribution >= 0.6 is 0 Å². The predicted molar refractivity (Wildman–Crippen MR) is 342 cm³/mol. The van der Waals surface area contributed by atoms with Crippen LogP contribution in [0.25, 0.3) is 0 Å². The SMILES string of the molecule is CCCC/C=C\C/C=C\CCCCCCCC(=O)NC(COC1OC(CO)C(OC2OC(CO)C(OC3OC(CO)C(O)C(O)C3O)C(O)C2O)C(O)C1O)C(O)/C=C/CC/C=C/CCCCCCCCCCCCCCCCCCCCCCCCC. The third-order valence-electron chi connectivity index (χ3n) is 17.3. The van der Waals surface area contributed by atoms with E-state index in [1.165, 1.54) is 154 Å². The molecule has 3 fully saturated rings. The molecule has 0 aliphatic carbocycles. The molecule has 1 amide bonds. The molecule has 3 heterocycles. The molecule has 19 nitrogen and oxygen atoms in total. The summed E-state index contributed by atoms with van der Waals surface area (Å²) < 4.78 is 34.3. The standard InChI is InChI=1S/C69H125NO18/c1-3-5-7-9-11-13-15-17-19-20-21-22-23-24-25-26-27-28-29-30-31-32-33-34-36-38-40-42-44-46-53(74)52(70-57(75)47-45-43-41-39-37-35-18-16-14-12-10-8-6-4-2)51-83-67-63(81)60(78)65(55(49-72)85-67)88-69-64(82)61(79)66(56(50-73)86-69)87-68-62(80)59(77)58(76)54(48-71)84-68/h10,12,16,18,36,38,44,46,52-56,58-69,71-74,76-82H,3-9,11,13-15,17,19-35,37,39-43,45,47-51H2,1-2H3,(H,70,75)/b12-10-,18-16-,38-36+,46-44+. The molecule has 17 atom stereocenters. The van der Waals surface area contributed by atoms with Gasteiger partial charge in [-0.2, -0.15) is 0 Å². The number of aliphatic hydroxyl groups excluding tert-OH is 11. The van der Waals surface area contributed by atoms with Gasteiger partial charge in [0, 0.05) is 6.42 Å². The van der Waals surface area contributed by atoms with Crippen molar-refractivity contribution in [2.24, 2.45) is 0 Å². The van der Waals surface area contributed by atoms with Crippen LogP contribution in [0.5, 0.6) is 0 Å². The Bertz CT molecular complexity index is 1790. The van der Waals surface area contributed by atoms with Crippen molar-refractivity contribution in [2.45, 2.75) is 356 Å². The van der Waals surface area contributed by atoms with E-state index in [0.717, 1.165) is 64.2 Å². The Morgan fingerprint density at radius 3 is 1.24 bits per heavy atom. The topological polar surface area (TPSA) is 307 Å². The van der Waals surface area contributed by atoms with Gasteiger partial charge in [-0.15, -0.1) is 0 Å². The maximum Gasteiger partial charge on any atom is 0.220 e. The van der Waals surface area contributed by atoms with E-state index in [0.29, 0.717) is 12.8 Å². The van der Waals surface area contributed by atoms with Gasteiger partial charge in [-0.05, 0) is 57.8 Å². The molecule has 0 saturated carbocycles. The summed E-state index contributed by atoms with van der Waals surface area (Å²) in [4.78, 5) is 13.3. The first-order valence-electron chi connectivity index (χ1n) is 34.9. The molecule has 514 valence electrons. The molecule has 3 aliphatic heterocycles. The summed E-state index contributed by atoms with van der Waals surface area (Å²) in [5.74, 6) is -0.299. The quantitative estimate of drug-likeness (QED) is 0.0200. The molecule has 17 unspecified atom stereocenters. The van der Waals surface area contributed by atoms with Crippen LogP contribution in [0.3, 0.4) is 0 Å². The highest BCUT2D eigenvalue weighted by Crippen LogP contribution is 2.33. The van der Waals surface area contributed by atoms with Crippen LogP contribution in [-0.4, -0.2) is 193 Å². The predicted octanol–water partition coefficient (Wildman–Crippen LogP) is 9.00. The molecule has 12 N–H and O–H groups in total. The Labute approximate surface area is 529 Å². The molecular formula is C69H125NO18. The Balaban J connectivity index is 1.42. The summed E-state index contributed by atoms with van der Waals surface area (Å²) in [5, 5.41) is 120. The fourth-order valence-corrected chi connectivity index (χ4v) is 11.6. The van der Waals surface area contributed by atoms with Crippen LogP contribution in [0.2, 0.25) is 0 Å². The van der Waals surface area contributed by atoms with Gasteiger partial charge in [0.05, 0.1) is 38.6 Å². The van der Waals surface area contributed by atoms with Crippen LogP contribution in [-0.2, 0) is 33.2 Å². The molecule has 3 rings (SSSR count). The van der Waals surface area contributed by atoms with E-state index in [1.807, 2.05) is 6.08 Å². The minimum Gasteiger partial charge on any atom is -0.394 e. The van der Waals surface area contributed by atoms with Crippen molar-refractivity contribution in [2.75, 3.05) is 26.4 Å². The summed E-state index contributed by atoms with van der Waals surface area (Å²) in [6.45, 7) is 1.67. The first kappa shape index (κ1) is 80.0. The monoisotopic (exact) mass is 1260 g/mol. The summed E-state index contributed by atoms with van der Waals surface area (Å²) in [6, 6.07) is -0.998. The van der Waals surface area contributed by atoms with Crippen LogP contribution < -0.4 is 5.32 Å². The van der Waals surface area contributed by atoms with Gasteiger partial charge in [0.25, 0.3) is 0 Å². The van der Waals surface area contributed by atoms with Crippen molar-refractivity contribution in [3.05, 3.63) is 48.6 Å². The normalized spacial score (nSPS) is 28.7. The highest BCUT2D eigenvalue weighted by Gasteiger charge is 2.53. The number of nitrogens with one attached hydrogen (secondary N) is 1. The van der Waals surface area contributed by atoms with Gasteiger partial charge in [-0.1, -0.05) is 236 Å². The smallest absolute Gasteiger partial charge is 0.220 e. The van der Waals surface area contributed by atoms with E-state index in [-0.39, 0.29) is 18.9 Å². The van der Waals surface area contributed by atoms with Gasteiger partial charge in [0.2, 0.25) is 5.91 Å². The zero-order valence-corrected chi connectivity index (χ0v) is 54.2. The molecule has 0 bridgehead atoms. The van der Waals surface area contributed by atoms with E-state index in [9.17, 15) is 61.0 Å². The number of unbranched alkanes of at least 4 members (excludes halogenated alkanes) is 31. The number of hydrogen-bond donors (Lipinski definition) is 12. The molecule has 3 aliphatic rings. The van der Waals surface area contributed by atoms with E-state index >= 15 is 0 Å². The number of carbonyl (C=O) groups excluding carboxylic acids is 1. The van der Waals surface area contributed by atoms with E-state index in [4.69, 9.17) is 28.4 Å². The average Bonchev–Trinajstić information content (AvgIpc) is 2.85. The number of allylic oxidation sites excluding steroid dienone is 7. The molecule has 0 spiro atoms. The Morgan fingerprint density at radius 1 is 0.409 bits per heavy atom. The third kappa shape index (κ3) is 33.0. The molecule has 0 aromatic rings. The Morgan fingerprint density at radius 2 is 0.773 bits per heavy atom. The van der Waals surface area contributed by atoms with Crippen molar-refractivity contribution in [1.29, 1.82) is 0 Å². The van der Waals surface area contributed by atoms with Crippen LogP contribution in [0.1, 0.15) is 251 Å². The summed E-state index contributed by atoms with van der Waals surface area (Å²) in [6.07, 6.45) is 34.0. The minimum atomic E-state index is -1.98. The van der Waals surface area contributed by atoms with Gasteiger partial charge >= 0.3 is 0 Å². The molecule has 19 heteroatoms. The molecule has 3 saturated heterocycles. The zero-order valence-electron chi connectivity index (χ0n) is 54.2. The Hall–Kier alpha value is -2.25. The van der Waals surface area contributed by atoms with Gasteiger partial charge in [0.1, 0.15) is 73.2 Å². The maximum absolute atomic E-state index is 13.3. The number of amides is 1. The lowest BCUT2D eigenvalue weighted by Gasteiger charge is -2.48. The largest absolute Gasteiger partial charge is 0.394 e. The fourth-order valence-electron chi connectivity index (χ4n) is 11.6. The average molecular weight is 1260 g/mol. The lowest BCUT2D eigenvalue weighted by Crippen LogP contribution is -2.66. The van der Waals surface area contributed by atoms with Crippen LogP contribution in [0, 0.1) is 0 Å². The molecule has 0 aromatic heterocycles. The second-order valence-corrected chi connectivity index (χ2v) is 25.0.